The Morgan fingerprint density at radius 3 is 1.57 bits per heavy atom. The summed E-state index contributed by atoms with van der Waals surface area (Å²) in [4.78, 5) is 19.3. The molecule has 3 heterocycles. The summed E-state index contributed by atoms with van der Waals surface area (Å²) in [5.41, 5.74) is 8.66. The summed E-state index contributed by atoms with van der Waals surface area (Å²) >= 11 is 1.82. The molecule has 9 aromatic rings. The molecule has 0 saturated heterocycles. The van der Waals surface area contributed by atoms with Crippen LogP contribution in [0, 0.1) is 0 Å². The first-order valence-electron chi connectivity index (χ1n) is 15.6. The smallest absolute Gasteiger partial charge is 0.164 e. The highest BCUT2D eigenvalue weighted by Gasteiger charge is 2.15. The molecule has 0 fully saturated rings. The fraction of sp³-hybridized carbons (Fsp3) is 0. The van der Waals surface area contributed by atoms with E-state index in [0.29, 0.717) is 17.5 Å². The highest BCUT2D eigenvalue weighted by atomic mass is 32.1. The Balaban J connectivity index is 1.07. The number of fused-ring (bicyclic) bond motifs is 5. The molecule has 0 unspecified atom stereocenters. The van der Waals surface area contributed by atoms with Crippen LogP contribution in [-0.2, 0) is 0 Å². The van der Waals surface area contributed by atoms with Crippen molar-refractivity contribution in [2.24, 2.45) is 0 Å². The number of thiophene rings is 1. The Morgan fingerprint density at radius 1 is 0.404 bits per heavy atom. The van der Waals surface area contributed by atoms with E-state index < -0.39 is 0 Å². The number of rotatable bonds is 5. The number of pyridine rings is 1. The second kappa shape index (κ2) is 11.4. The van der Waals surface area contributed by atoms with Gasteiger partial charge in [0, 0.05) is 38.4 Å². The highest BCUT2D eigenvalue weighted by molar-refractivity contribution is 7.26. The number of hydrogen-bond donors (Lipinski definition) is 0. The Kier molecular flexibility index (Phi) is 6.61. The summed E-state index contributed by atoms with van der Waals surface area (Å²) < 4.78 is 2.50. The number of nitrogens with zero attached hydrogens (tertiary/aromatic N) is 4. The highest BCUT2D eigenvalue weighted by Crippen LogP contribution is 2.41. The van der Waals surface area contributed by atoms with E-state index >= 15 is 0 Å². The third-order valence-corrected chi connectivity index (χ3v) is 9.78. The quantitative estimate of drug-likeness (QED) is 0.193. The van der Waals surface area contributed by atoms with Crippen LogP contribution in [0.15, 0.2) is 158 Å². The summed E-state index contributed by atoms with van der Waals surface area (Å²) in [6, 6.07) is 52.7. The maximum absolute atomic E-state index is 4.88. The van der Waals surface area contributed by atoms with Gasteiger partial charge in [0.1, 0.15) is 0 Å². The number of benzene rings is 6. The minimum atomic E-state index is 0.651. The van der Waals surface area contributed by atoms with Gasteiger partial charge in [-0.1, -0.05) is 140 Å². The van der Waals surface area contributed by atoms with Gasteiger partial charge >= 0.3 is 0 Å². The van der Waals surface area contributed by atoms with Gasteiger partial charge < -0.3 is 0 Å². The lowest BCUT2D eigenvalue weighted by Gasteiger charge is -2.10. The normalized spacial score (nSPS) is 11.4. The third-order valence-electron chi connectivity index (χ3n) is 8.61. The topological polar surface area (TPSA) is 51.6 Å². The molecule has 5 heteroatoms. The molecule has 6 aromatic carbocycles. The largest absolute Gasteiger partial charge is 0.255 e. The molecule has 47 heavy (non-hydrogen) atoms. The van der Waals surface area contributed by atoms with Gasteiger partial charge in [0.15, 0.2) is 17.5 Å². The van der Waals surface area contributed by atoms with Crippen molar-refractivity contribution in [1.29, 1.82) is 0 Å². The van der Waals surface area contributed by atoms with Gasteiger partial charge in [-0.2, -0.15) is 0 Å². The Hall–Kier alpha value is -6.04. The molecule has 220 valence electrons. The Labute approximate surface area is 275 Å². The fourth-order valence-corrected chi connectivity index (χ4v) is 7.49. The minimum absolute atomic E-state index is 0.651. The zero-order valence-electron chi connectivity index (χ0n) is 25.2. The lowest BCUT2D eigenvalue weighted by atomic mass is 9.95. The van der Waals surface area contributed by atoms with Crippen LogP contribution in [0.1, 0.15) is 0 Å². The van der Waals surface area contributed by atoms with E-state index in [2.05, 4.69) is 89.9 Å². The minimum Gasteiger partial charge on any atom is -0.255 e. The molecule has 0 aliphatic carbocycles. The van der Waals surface area contributed by atoms with Crippen LogP contribution < -0.4 is 0 Å². The maximum atomic E-state index is 4.88. The van der Waals surface area contributed by atoms with Crippen molar-refractivity contribution < 1.29 is 0 Å². The molecule has 4 nitrogen and oxygen atoms in total. The van der Waals surface area contributed by atoms with Gasteiger partial charge in [0.2, 0.25) is 0 Å². The Morgan fingerprint density at radius 2 is 0.957 bits per heavy atom. The summed E-state index contributed by atoms with van der Waals surface area (Å²) in [5, 5.41) is 3.74. The van der Waals surface area contributed by atoms with E-state index in [0.717, 1.165) is 33.3 Å². The molecule has 0 N–H and O–H groups in total. The van der Waals surface area contributed by atoms with Gasteiger partial charge in [0.25, 0.3) is 0 Å². The van der Waals surface area contributed by atoms with E-state index in [1.807, 2.05) is 84.3 Å². The van der Waals surface area contributed by atoms with E-state index in [-0.39, 0.29) is 0 Å². The average Bonchev–Trinajstić information content (AvgIpc) is 3.54. The summed E-state index contributed by atoms with van der Waals surface area (Å²) in [7, 11) is 0. The van der Waals surface area contributed by atoms with Crippen LogP contribution in [-0.4, -0.2) is 19.9 Å². The van der Waals surface area contributed by atoms with Gasteiger partial charge in [0.05, 0.1) is 10.2 Å². The first-order chi connectivity index (χ1) is 23.3. The summed E-state index contributed by atoms with van der Waals surface area (Å²) in [6.45, 7) is 0. The molecule has 3 aromatic heterocycles. The van der Waals surface area contributed by atoms with Crippen LogP contribution in [0.4, 0.5) is 0 Å². The van der Waals surface area contributed by atoms with E-state index in [1.54, 1.807) is 0 Å². The van der Waals surface area contributed by atoms with Gasteiger partial charge in [-0.15, -0.1) is 11.3 Å². The molecule has 0 spiro atoms. The van der Waals surface area contributed by atoms with Crippen molar-refractivity contribution in [3.05, 3.63) is 158 Å². The van der Waals surface area contributed by atoms with Crippen molar-refractivity contribution in [3.63, 3.8) is 0 Å². The predicted molar refractivity (Wildman–Crippen MR) is 195 cm³/mol. The van der Waals surface area contributed by atoms with Crippen LogP contribution in [0.5, 0.6) is 0 Å². The third kappa shape index (κ3) is 4.94. The van der Waals surface area contributed by atoms with Crippen molar-refractivity contribution in [2.75, 3.05) is 0 Å². The molecule has 0 atom stereocenters. The van der Waals surface area contributed by atoms with Crippen molar-refractivity contribution in [3.8, 4) is 56.4 Å². The molecule has 0 radical (unpaired) electrons. The van der Waals surface area contributed by atoms with Crippen LogP contribution in [0.3, 0.4) is 0 Å². The zero-order chi connectivity index (χ0) is 31.2. The summed E-state index contributed by atoms with van der Waals surface area (Å²) in [5.74, 6) is 1.97. The lowest BCUT2D eigenvalue weighted by Crippen LogP contribution is -2.00. The van der Waals surface area contributed by atoms with Crippen LogP contribution >= 0.6 is 11.3 Å². The molecule has 0 amide bonds. The Bertz CT molecular complexity index is 2480. The van der Waals surface area contributed by atoms with Crippen molar-refractivity contribution in [2.45, 2.75) is 0 Å². The van der Waals surface area contributed by atoms with E-state index in [1.165, 1.54) is 36.7 Å². The molecule has 0 saturated carbocycles. The molecule has 0 aliphatic heterocycles. The number of hydrogen-bond acceptors (Lipinski definition) is 5. The molecule has 0 aliphatic rings. The maximum Gasteiger partial charge on any atom is 0.164 e. The van der Waals surface area contributed by atoms with Gasteiger partial charge in [-0.25, -0.2) is 15.0 Å². The standard InChI is InChI=1S/C42H26N4S/c1-3-9-31(10-4-1)40-44-41(32-11-5-2-6-12-32)46-42(45-40)33-22-18-28(19-23-33)27-16-20-29(21-17-27)34-14-7-13-30-24-25-35-38-36(15-8-26-43-38)47-39(35)37(30)34/h1-26H. The van der Waals surface area contributed by atoms with Crippen molar-refractivity contribution in [1.82, 2.24) is 19.9 Å². The van der Waals surface area contributed by atoms with E-state index in [4.69, 9.17) is 15.0 Å². The second-order valence-electron chi connectivity index (χ2n) is 11.5. The lowest BCUT2D eigenvalue weighted by molar-refractivity contribution is 1.07. The fourth-order valence-electron chi connectivity index (χ4n) is 6.26. The molecular formula is C42H26N4S. The zero-order valence-corrected chi connectivity index (χ0v) is 26.0. The predicted octanol–water partition coefficient (Wildman–Crippen LogP) is 11.1. The molecule has 9 rings (SSSR count). The second-order valence-corrected chi connectivity index (χ2v) is 12.5. The average molecular weight is 619 g/mol. The first kappa shape index (κ1) is 27.3. The molecular weight excluding hydrogens is 593 g/mol. The van der Waals surface area contributed by atoms with Crippen LogP contribution in [0.25, 0.3) is 87.5 Å². The SMILES string of the molecule is c1ccc(-c2nc(-c3ccccc3)nc(-c3ccc(-c4ccc(-c5cccc6ccc7c8ncccc8sc7c56)cc4)cc3)n2)cc1. The molecule has 0 bridgehead atoms. The van der Waals surface area contributed by atoms with Crippen molar-refractivity contribution >= 4 is 42.4 Å². The van der Waals surface area contributed by atoms with E-state index in [9.17, 15) is 0 Å². The van der Waals surface area contributed by atoms with Gasteiger partial charge in [-0.3, -0.25) is 4.98 Å². The number of aromatic nitrogens is 4. The first-order valence-corrected chi connectivity index (χ1v) is 16.4. The monoisotopic (exact) mass is 618 g/mol. The summed E-state index contributed by atoms with van der Waals surface area (Å²) in [6.07, 6.45) is 1.88. The van der Waals surface area contributed by atoms with Crippen LogP contribution in [0.2, 0.25) is 0 Å². The van der Waals surface area contributed by atoms with Gasteiger partial charge in [-0.05, 0) is 39.8 Å².